The lowest BCUT2D eigenvalue weighted by atomic mass is 10.1. The van der Waals surface area contributed by atoms with E-state index in [1.54, 1.807) is 12.5 Å². The molecule has 1 N–H and O–H groups in total. The highest BCUT2D eigenvalue weighted by molar-refractivity contribution is 5.86. The number of anilines is 1. The summed E-state index contributed by atoms with van der Waals surface area (Å²) in [6.07, 6.45) is 7.51. The number of aryl methyl sites for hydroxylation is 1. The Hall–Kier alpha value is -3.81. The zero-order valence-electron chi connectivity index (χ0n) is 18.2. The molecule has 0 saturated heterocycles. The molecule has 0 fully saturated rings. The first-order valence-corrected chi connectivity index (χ1v) is 10.6. The van der Waals surface area contributed by atoms with Gasteiger partial charge < -0.3 is 14.5 Å². The van der Waals surface area contributed by atoms with Gasteiger partial charge in [-0.15, -0.1) is 0 Å². The first kappa shape index (κ1) is 20.1. The minimum absolute atomic E-state index is 0.178. The van der Waals surface area contributed by atoms with Gasteiger partial charge in [-0.3, -0.25) is 4.98 Å². The van der Waals surface area contributed by atoms with Crippen LogP contribution in [-0.2, 0) is 13.5 Å². The third-order valence-electron chi connectivity index (χ3n) is 5.61. The SMILES string of the molecule is CC(C)n1cnc2c(NCCc3cn(C)c4ccccc34)nc(-c3cncc(F)c3)nc21. The molecule has 32 heavy (non-hydrogen) atoms. The van der Waals surface area contributed by atoms with Gasteiger partial charge in [0, 0.05) is 48.5 Å². The van der Waals surface area contributed by atoms with Crippen molar-refractivity contribution in [3.8, 4) is 11.4 Å². The van der Waals surface area contributed by atoms with Crippen molar-refractivity contribution in [1.29, 1.82) is 0 Å². The van der Waals surface area contributed by atoms with Crippen molar-refractivity contribution < 1.29 is 4.39 Å². The van der Waals surface area contributed by atoms with Crippen LogP contribution in [0.4, 0.5) is 10.2 Å². The monoisotopic (exact) mass is 429 g/mol. The van der Waals surface area contributed by atoms with E-state index in [4.69, 9.17) is 0 Å². The Kier molecular flexibility index (Phi) is 5.05. The summed E-state index contributed by atoms with van der Waals surface area (Å²) in [6, 6.07) is 9.95. The van der Waals surface area contributed by atoms with Gasteiger partial charge in [0.2, 0.25) is 0 Å². The summed E-state index contributed by atoms with van der Waals surface area (Å²) >= 11 is 0. The number of nitrogens with zero attached hydrogens (tertiary/aromatic N) is 6. The highest BCUT2D eigenvalue weighted by atomic mass is 19.1. The number of rotatable bonds is 6. The molecule has 0 aliphatic rings. The molecule has 8 heteroatoms. The zero-order chi connectivity index (χ0) is 22.2. The van der Waals surface area contributed by atoms with E-state index >= 15 is 0 Å². The quantitative estimate of drug-likeness (QED) is 0.421. The van der Waals surface area contributed by atoms with Crippen molar-refractivity contribution in [3.05, 3.63) is 66.6 Å². The normalized spacial score (nSPS) is 11.7. The van der Waals surface area contributed by atoms with Crippen molar-refractivity contribution in [3.63, 3.8) is 0 Å². The molecule has 0 aliphatic carbocycles. The molecule has 4 heterocycles. The molecule has 162 valence electrons. The van der Waals surface area contributed by atoms with Gasteiger partial charge >= 0.3 is 0 Å². The summed E-state index contributed by atoms with van der Waals surface area (Å²) in [5, 5.41) is 4.69. The van der Waals surface area contributed by atoms with Gasteiger partial charge in [0.15, 0.2) is 17.3 Å². The molecule has 0 spiro atoms. The molecular weight excluding hydrogens is 405 g/mol. The van der Waals surface area contributed by atoms with Crippen molar-refractivity contribution in [2.75, 3.05) is 11.9 Å². The number of para-hydroxylation sites is 1. The summed E-state index contributed by atoms with van der Waals surface area (Å²) in [5.41, 5.74) is 4.42. The number of benzene rings is 1. The van der Waals surface area contributed by atoms with Crippen LogP contribution in [0.5, 0.6) is 0 Å². The molecule has 5 rings (SSSR count). The zero-order valence-corrected chi connectivity index (χ0v) is 18.2. The third-order valence-corrected chi connectivity index (χ3v) is 5.61. The highest BCUT2D eigenvalue weighted by Crippen LogP contribution is 2.26. The van der Waals surface area contributed by atoms with Gasteiger partial charge in [-0.25, -0.2) is 19.3 Å². The molecule has 1 aromatic carbocycles. The van der Waals surface area contributed by atoms with Crippen molar-refractivity contribution in [2.45, 2.75) is 26.3 Å². The predicted molar refractivity (Wildman–Crippen MR) is 124 cm³/mol. The van der Waals surface area contributed by atoms with E-state index in [9.17, 15) is 4.39 Å². The van der Waals surface area contributed by atoms with E-state index < -0.39 is 5.82 Å². The van der Waals surface area contributed by atoms with Gasteiger partial charge in [-0.2, -0.15) is 0 Å². The second-order valence-electron chi connectivity index (χ2n) is 8.16. The molecule has 7 nitrogen and oxygen atoms in total. The van der Waals surface area contributed by atoms with Crippen LogP contribution >= 0.6 is 0 Å². The highest BCUT2D eigenvalue weighted by Gasteiger charge is 2.16. The van der Waals surface area contributed by atoms with Crippen LogP contribution in [0.3, 0.4) is 0 Å². The lowest BCUT2D eigenvalue weighted by Gasteiger charge is -2.11. The van der Waals surface area contributed by atoms with Gasteiger partial charge in [0.05, 0.1) is 12.5 Å². The van der Waals surface area contributed by atoms with Crippen LogP contribution in [0.25, 0.3) is 33.5 Å². The first-order chi connectivity index (χ1) is 15.5. The fourth-order valence-electron chi connectivity index (χ4n) is 4.02. The summed E-state index contributed by atoms with van der Waals surface area (Å²) in [6.45, 7) is 4.82. The lowest BCUT2D eigenvalue weighted by molar-refractivity contribution is 0.612. The Morgan fingerprint density at radius 3 is 2.78 bits per heavy atom. The Balaban J connectivity index is 1.49. The Bertz CT molecular complexity index is 1420. The summed E-state index contributed by atoms with van der Waals surface area (Å²) in [5.74, 6) is 0.627. The molecule has 4 aromatic heterocycles. The van der Waals surface area contributed by atoms with Gasteiger partial charge in [0.25, 0.3) is 0 Å². The van der Waals surface area contributed by atoms with E-state index in [-0.39, 0.29) is 6.04 Å². The van der Waals surface area contributed by atoms with Gasteiger partial charge in [0.1, 0.15) is 11.3 Å². The maximum atomic E-state index is 13.8. The number of hydrogen-bond donors (Lipinski definition) is 1. The Labute approximate surface area is 185 Å². The van der Waals surface area contributed by atoms with E-state index in [1.807, 2.05) is 4.57 Å². The minimum atomic E-state index is -0.422. The van der Waals surface area contributed by atoms with Crippen molar-refractivity contribution >= 4 is 27.9 Å². The maximum Gasteiger partial charge on any atom is 0.166 e. The molecule has 0 saturated carbocycles. The third kappa shape index (κ3) is 3.57. The van der Waals surface area contributed by atoms with Crippen LogP contribution in [0.2, 0.25) is 0 Å². The number of halogens is 1. The van der Waals surface area contributed by atoms with E-state index in [2.05, 4.69) is 81.2 Å². The average molecular weight is 430 g/mol. The smallest absolute Gasteiger partial charge is 0.166 e. The number of fused-ring (bicyclic) bond motifs is 2. The number of pyridine rings is 1. The Morgan fingerprint density at radius 1 is 1.12 bits per heavy atom. The molecule has 0 unspecified atom stereocenters. The average Bonchev–Trinajstić information content (AvgIpc) is 3.35. The van der Waals surface area contributed by atoms with E-state index in [0.717, 1.165) is 6.42 Å². The first-order valence-electron chi connectivity index (χ1n) is 10.6. The second-order valence-corrected chi connectivity index (χ2v) is 8.16. The number of imidazole rings is 1. The molecule has 0 radical (unpaired) electrons. The molecular formula is C24H24FN7. The molecule has 0 atom stereocenters. The predicted octanol–water partition coefficient (Wildman–Crippen LogP) is 4.75. The second kappa shape index (κ2) is 8.03. The van der Waals surface area contributed by atoms with E-state index in [0.29, 0.717) is 34.9 Å². The number of hydrogen-bond acceptors (Lipinski definition) is 5. The van der Waals surface area contributed by atoms with Crippen molar-refractivity contribution in [1.82, 2.24) is 29.1 Å². The van der Waals surface area contributed by atoms with Crippen molar-refractivity contribution in [2.24, 2.45) is 7.05 Å². The van der Waals surface area contributed by atoms with Gasteiger partial charge in [-0.1, -0.05) is 18.2 Å². The maximum absolute atomic E-state index is 13.8. The fraction of sp³-hybridized carbons (Fsp3) is 0.250. The Morgan fingerprint density at radius 2 is 1.97 bits per heavy atom. The van der Waals surface area contributed by atoms with Crippen LogP contribution in [0.1, 0.15) is 25.5 Å². The fourth-order valence-corrected chi connectivity index (χ4v) is 4.02. The molecule has 0 bridgehead atoms. The summed E-state index contributed by atoms with van der Waals surface area (Å²) < 4.78 is 17.9. The summed E-state index contributed by atoms with van der Waals surface area (Å²) in [7, 11) is 2.06. The van der Waals surface area contributed by atoms with Crippen LogP contribution < -0.4 is 5.32 Å². The summed E-state index contributed by atoms with van der Waals surface area (Å²) in [4.78, 5) is 17.9. The van der Waals surface area contributed by atoms with Gasteiger partial charge in [-0.05, 0) is 38.0 Å². The van der Waals surface area contributed by atoms with E-state index in [1.165, 1.54) is 28.7 Å². The lowest BCUT2D eigenvalue weighted by Crippen LogP contribution is -2.09. The number of aromatic nitrogens is 6. The van der Waals surface area contributed by atoms with Crippen LogP contribution in [-0.4, -0.2) is 35.6 Å². The molecule has 5 aromatic rings. The molecule has 0 amide bonds. The van der Waals surface area contributed by atoms with Crippen LogP contribution in [0.15, 0.2) is 55.2 Å². The minimum Gasteiger partial charge on any atom is -0.368 e. The van der Waals surface area contributed by atoms with Crippen LogP contribution in [0, 0.1) is 5.82 Å². The molecule has 0 aliphatic heterocycles. The standard InChI is InChI=1S/C24H24FN7/c1-15(2)32-14-28-21-23(29-22(30-24(21)32)17-10-18(25)12-26-11-17)27-9-8-16-13-31(3)20-7-5-4-6-19(16)20/h4-7,10-15H,8-9H2,1-3H3,(H,27,29,30). The number of nitrogens with one attached hydrogen (secondary N) is 1. The largest absolute Gasteiger partial charge is 0.368 e. The topological polar surface area (TPSA) is 73.5 Å².